The summed E-state index contributed by atoms with van der Waals surface area (Å²) in [7, 11) is 0. The number of hydrogen-bond acceptors (Lipinski definition) is 8. The molecule has 0 spiro atoms. The molecule has 0 bridgehead atoms. The fourth-order valence-electron chi connectivity index (χ4n) is 2.38. The van der Waals surface area contributed by atoms with Crippen LogP contribution in [0.15, 0.2) is 42.5 Å². The van der Waals surface area contributed by atoms with Gasteiger partial charge in [0, 0.05) is 35.6 Å². The van der Waals surface area contributed by atoms with Gasteiger partial charge < -0.3 is 20.5 Å². The van der Waals surface area contributed by atoms with Crippen molar-refractivity contribution in [3.05, 3.63) is 63.7 Å². The Morgan fingerprint density at radius 3 is 2.59 bits per heavy atom. The molecule has 0 aliphatic carbocycles. The van der Waals surface area contributed by atoms with Gasteiger partial charge in [0.2, 0.25) is 0 Å². The zero-order valence-corrected chi connectivity index (χ0v) is 15.5. The van der Waals surface area contributed by atoms with E-state index in [1.54, 1.807) is 18.2 Å². The number of Topliss-reactive ketones (excluding diaryl/α,β-unsaturated/α-hetero) is 1. The van der Waals surface area contributed by atoms with Gasteiger partial charge in [-0.2, -0.15) is 0 Å². The van der Waals surface area contributed by atoms with Crippen molar-refractivity contribution in [2.75, 3.05) is 30.4 Å². The van der Waals surface area contributed by atoms with E-state index in [2.05, 4.69) is 10.6 Å². The number of nitro groups is 1. The number of esters is 1. The van der Waals surface area contributed by atoms with E-state index in [4.69, 9.17) is 9.84 Å². The Bertz CT molecular complexity index is 943. The molecule has 2 rings (SSSR count). The number of non-ortho nitro benzene ring substituents is 1. The number of anilines is 2. The molecule has 1 amide bonds. The fourth-order valence-corrected chi connectivity index (χ4v) is 2.38. The van der Waals surface area contributed by atoms with Crippen LogP contribution in [-0.2, 0) is 9.53 Å². The lowest BCUT2D eigenvalue weighted by atomic mass is 10.1. The third-order valence-electron chi connectivity index (χ3n) is 3.75. The van der Waals surface area contributed by atoms with E-state index in [-0.39, 0.29) is 35.9 Å². The van der Waals surface area contributed by atoms with Crippen LogP contribution in [0, 0.1) is 10.1 Å². The molecule has 29 heavy (non-hydrogen) atoms. The van der Waals surface area contributed by atoms with E-state index in [1.807, 2.05) is 0 Å². The number of benzene rings is 2. The summed E-state index contributed by atoms with van der Waals surface area (Å²) in [6.45, 7) is 0.660. The molecule has 3 N–H and O–H groups in total. The molecule has 0 aromatic heterocycles. The Labute approximate surface area is 165 Å². The van der Waals surface area contributed by atoms with Crippen LogP contribution in [0.2, 0.25) is 0 Å². The number of carbonyl (C=O) groups excluding carboxylic acids is 3. The van der Waals surface area contributed by atoms with E-state index in [1.165, 1.54) is 25.1 Å². The summed E-state index contributed by atoms with van der Waals surface area (Å²) in [6.07, 6.45) is 0. The highest BCUT2D eigenvalue weighted by Crippen LogP contribution is 2.23. The van der Waals surface area contributed by atoms with Crippen LogP contribution >= 0.6 is 0 Å². The highest BCUT2D eigenvalue weighted by Gasteiger charge is 2.19. The number of carbonyl (C=O) groups is 3. The van der Waals surface area contributed by atoms with Gasteiger partial charge in [-0.05, 0) is 25.1 Å². The third-order valence-corrected chi connectivity index (χ3v) is 3.75. The van der Waals surface area contributed by atoms with E-state index in [0.29, 0.717) is 11.3 Å². The number of ether oxygens (including phenoxy) is 1. The summed E-state index contributed by atoms with van der Waals surface area (Å²) < 4.78 is 4.95. The molecule has 0 atom stereocenters. The van der Waals surface area contributed by atoms with Gasteiger partial charge in [-0.1, -0.05) is 12.1 Å². The zero-order chi connectivity index (χ0) is 21.4. The van der Waals surface area contributed by atoms with Gasteiger partial charge in [0.25, 0.3) is 11.6 Å². The first-order valence-corrected chi connectivity index (χ1v) is 8.53. The van der Waals surface area contributed by atoms with Crippen molar-refractivity contribution >= 4 is 34.7 Å². The summed E-state index contributed by atoms with van der Waals surface area (Å²) >= 11 is 0. The SMILES string of the molecule is CC(=O)c1cccc(NC(=O)COC(=O)c2cc([N+](=O)[O-])ccc2NCCO)c1. The van der Waals surface area contributed by atoms with E-state index in [9.17, 15) is 24.5 Å². The molecule has 2 aromatic rings. The maximum atomic E-state index is 12.3. The van der Waals surface area contributed by atoms with Crippen LogP contribution in [0.4, 0.5) is 17.1 Å². The lowest BCUT2D eigenvalue weighted by molar-refractivity contribution is -0.384. The lowest BCUT2D eigenvalue weighted by Crippen LogP contribution is -2.22. The van der Waals surface area contributed by atoms with Crippen molar-refractivity contribution in [3.8, 4) is 0 Å². The van der Waals surface area contributed by atoms with Crippen molar-refractivity contribution in [3.63, 3.8) is 0 Å². The molecule has 0 saturated heterocycles. The molecule has 0 aliphatic rings. The minimum atomic E-state index is -0.943. The largest absolute Gasteiger partial charge is 0.452 e. The Balaban J connectivity index is 2.06. The standard InChI is InChI=1S/C19H19N3O7/c1-12(24)13-3-2-4-14(9-13)21-18(25)11-29-19(26)16-10-15(22(27)28)5-6-17(16)20-7-8-23/h2-6,9-10,20,23H,7-8,11H2,1H3,(H,21,25). The molecule has 0 heterocycles. The van der Waals surface area contributed by atoms with E-state index < -0.39 is 23.4 Å². The second-order valence-corrected chi connectivity index (χ2v) is 5.90. The molecule has 10 nitrogen and oxygen atoms in total. The number of amides is 1. The fraction of sp³-hybridized carbons (Fsp3) is 0.211. The molecule has 152 valence electrons. The summed E-state index contributed by atoms with van der Waals surface area (Å²) in [6, 6.07) is 9.80. The first kappa shape index (κ1) is 21.5. The average molecular weight is 401 g/mol. The Morgan fingerprint density at radius 1 is 1.17 bits per heavy atom. The normalized spacial score (nSPS) is 10.1. The Morgan fingerprint density at radius 2 is 1.93 bits per heavy atom. The van der Waals surface area contributed by atoms with E-state index in [0.717, 1.165) is 6.07 Å². The van der Waals surface area contributed by atoms with Crippen LogP contribution in [-0.4, -0.2) is 47.4 Å². The maximum absolute atomic E-state index is 12.3. The average Bonchev–Trinajstić information content (AvgIpc) is 2.70. The first-order chi connectivity index (χ1) is 13.8. The third kappa shape index (κ3) is 6.11. The molecule has 0 fully saturated rings. The van der Waals surface area contributed by atoms with Gasteiger partial charge in [-0.15, -0.1) is 0 Å². The topological polar surface area (TPSA) is 148 Å². The van der Waals surface area contributed by atoms with Crippen molar-refractivity contribution in [1.82, 2.24) is 0 Å². The maximum Gasteiger partial charge on any atom is 0.341 e. The Kier molecular flexibility index (Phi) is 7.38. The Hall–Kier alpha value is -3.79. The second-order valence-electron chi connectivity index (χ2n) is 5.90. The van der Waals surface area contributed by atoms with Crippen LogP contribution in [0.3, 0.4) is 0 Å². The summed E-state index contributed by atoms with van der Waals surface area (Å²) in [5, 5.41) is 25.1. The van der Waals surface area contributed by atoms with Gasteiger partial charge >= 0.3 is 5.97 Å². The summed E-state index contributed by atoms with van der Waals surface area (Å²) in [4.78, 5) is 46.0. The highest BCUT2D eigenvalue weighted by atomic mass is 16.6. The molecule has 0 unspecified atom stereocenters. The smallest absolute Gasteiger partial charge is 0.341 e. The quantitative estimate of drug-likeness (QED) is 0.250. The lowest BCUT2D eigenvalue weighted by Gasteiger charge is -2.11. The number of rotatable bonds is 9. The van der Waals surface area contributed by atoms with Crippen molar-refractivity contribution in [2.45, 2.75) is 6.92 Å². The number of nitro benzene ring substituents is 1. The zero-order valence-electron chi connectivity index (χ0n) is 15.5. The molecular formula is C19H19N3O7. The van der Waals surface area contributed by atoms with Gasteiger partial charge in [0.05, 0.1) is 17.1 Å². The molecule has 0 saturated carbocycles. The van der Waals surface area contributed by atoms with Crippen molar-refractivity contribution < 1.29 is 29.2 Å². The summed E-state index contributed by atoms with van der Waals surface area (Å²) in [5.74, 6) is -1.75. The number of aliphatic hydroxyl groups excluding tert-OH is 1. The predicted octanol–water partition coefficient (Wildman–Crippen LogP) is 2.00. The minimum Gasteiger partial charge on any atom is -0.452 e. The molecule has 0 aliphatic heterocycles. The first-order valence-electron chi connectivity index (χ1n) is 8.53. The van der Waals surface area contributed by atoms with Crippen LogP contribution in [0.25, 0.3) is 0 Å². The molecule has 0 radical (unpaired) electrons. The van der Waals surface area contributed by atoms with Crippen LogP contribution < -0.4 is 10.6 Å². The minimum absolute atomic E-state index is 0.116. The number of hydrogen-bond donors (Lipinski definition) is 3. The monoisotopic (exact) mass is 401 g/mol. The van der Waals surface area contributed by atoms with Gasteiger partial charge in [0.15, 0.2) is 12.4 Å². The number of nitrogens with one attached hydrogen (secondary N) is 2. The number of ketones is 1. The number of nitrogens with zero attached hydrogens (tertiary/aromatic N) is 1. The summed E-state index contributed by atoms with van der Waals surface area (Å²) in [5.41, 5.74) is 0.538. The highest BCUT2D eigenvalue weighted by molar-refractivity contribution is 6.00. The molecule has 10 heteroatoms. The van der Waals surface area contributed by atoms with Crippen molar-refractivity contribution in [1.29, 1.82) is 0 Å². The van der Waals surface area contributed by atoms with Gasteiger partial charge in [-0.25, -0.2) is 4.79 Å². The predicted molar refractivity (Wildman–Crippen MR) is 104 cm³/mol. The van der Waals surface area contributed by atoms with Gasteiger partial charge in [-0.3, -0.25) is 19.7 Å². The number of aliphatic hydroxyl groups is 1. The van der Waals surface area contributed by atoms with Crippen LogP contribution in [0.1, 0.15) is 27.6 Å². The molecule has 2 aromatic carbocycles. The van der Waals surface area contributed by atoms with Crippen molar-refractivity contribution in [2.24, 2.45) is 0 Å². The second kappa shape index (κ2) is 9.95. The van der Waals surface area contributed by atoms with Gasteiger partial charge in [0.1, 0.15) is 0 Å². The van der Waals surface area contributed by atoms with E-state index >= 15 is 0 Å². The molecular weight excluding hydrogens is 382 g/mol. The van der Waals surface area contributed by atoms with Crippen LogP contribution in [0.5, 0.6) is 0 Å².